The van der Waals surface area contributed by atoms with E-state index in [2.05, 4.69) is 11.1 Å². The first-order valence-electron chi connectivity index (χ1n) is 8.18. The highest BCUT2D eigenvalue weighted by Crippen LogP contribution is 2.11. The topological polar surface area (TPSA) is 83.8 Å². The van der Waals surface area contributed by atoms with Crippen molar-refractivity contribution in [3.8, 4) is 0 Å². The zero-order valence-corrected chi connectivity index (χ0v) is 14.1. The summed E-state index contributed by atoms with van der Waals surface area (Å²) in [5.74, 6) is -0.0123. The molecule has 1 atom stereocenters. The molecular weight excluding hydrogens is 292 g/mol. The van der Waals surface area contributed by atoms with Gasteiger partial charge in [0, 0.05) is 0 Å². The van der Waals surface area contributed by atoms with Gasteiger partial charge in [-0.15, -0.1) is 0 Å². The van der Waals surface area contributed by atoms with Gasteiger partial charge in [-0.05, 0) is 6.42 Å². The average molecular weight is 324 g/mol. The molecule has 0 heterocycles. The van der Waals surface area contributed by atoms with Crippen molar-refractivity contribution in [1.29, 1.82) is 0 Å². The second kappa shape index (κ2) is 13.5. The van der Waals surface area contributed by atoms with Crippen molar-refractivity contribution in [2.45, 2.75) is 77.2 Å². The molecule has 0 aliphatic rings. The molecule has 0 saturated carbocycles. The SMILES string of the molecule is CCCCCCCCCCCCS(=O)(=O)OCC(O)CO. The van der Waals surface area contributed by atoms with Crippen LogP contribution in [0.4, 0.5) is 0 Å². The molecule has 0 spiro atoms. The van der Waals surface area contributed by atoms with Crippen LogP contribution in [0.25, 0.3) is 0 Å². The van der Waals surface area contributed by atoms with E-state index in [1.54, 1.807) is 0 Å². The lowest BCUT2D eigenvalue weighted by Gasteiger charge is -2.08. The maximum Gasteiger partial charge on any atom is 0.267 e. The Kier molecular flexibility index (Phi) is 13.4. The summed E-state index contributed by atoms with van der Waals surface area (Å²) in [6.45, 7) is 1.35. The van der Waals surface area contributed by atoms with Crippen LogP contribution >= 0.6 is 0 Å². The Morgan fingerprint density at radius 1 is 0.905 bits per heavy atom. The fourth-order valence-electron chi connectivity index (χ4n) is 2.06. The van der Waals surface area contributed by atoms with Crippen molar-refractivity contribution in [1.82, 2.24) is 0 Å². The fraction of sp³-hybridized carbons (Fsp3) is 1.00. The third kappa shape index (κ3) is 14.5. The molecule has 2 N–H and O–H groups in total. The van der Waals surface area contributed by atoms with Gasteiger partial charge in [0.15, 0.2) is 0 Å². The first kappa shape index (κ1) is 20.8. The van der Waals surface area contributed by atoms with Gasteiger partial charge < -0.3 is 10.2 Å². The van der Waals surface area contributed by atoms with E-state index in [0.29, 0.717) is 6.42 Å². The van der Waals surface area contributed by atoms with Crippen molar-refractivity contribution in [3.05, 3.63) is 0 Å². The van der Waals surface area contributed by atoms with Gasteiger partial charge in [0.1, 0.15) is 6.10 Å². The molecule has 0 aromatic rings. The Labute approximate surface area is 129 Å². The largest absolute Gasteiger partial charge is 0.394 e. The van der Waals surface area contributed by atoms with Crippen molar-refractivity contribution < 1.29 is 22.8 Å². The Morgan fingerprint density at radius 3 is 1.86 bits per heavy atom. The number of unbranched alkanes of at least 4 members (excludes halogenated alkanes) is 9. The monoisotopic (exact) mass is 324 g/mol. The molecule has 6 heteroatoms. The van der Waals surface area contributed by atoms with Crippen LogP contribution in [0.1, 0.15) is 71.1 Å². The third-order valence-corrected chi connectivity index (χ3v) is 4.68. The minimum atomic E-state index is -3.57. The Morgan fingerprint density at radius 2 is 1.38 bits per heavy atom. The van der Waals surface area contributed by atoms with Crippen molar-refractivity contribution in [3.63, 3.8) is 0 Å². The summed E-state index contributed by atoms with van der Waals surface area (Å²) in [6.07, 6.45) is 10.3. The Balaban J connectivity index is 3.41. The molecule has 5 nitrogen and oxygen atoms in total. The van der Waals surface area contributed by atoms with Crippen molar-refractivity contribution in [2.75, 3.05) is 19.0 Å². The van der Waals surface area contributed by atoms with Crippen molar-refractivity contribution >= 4 is 10.1 Å². The zero-order valence-electron chi connectivity index (χ0n) is 13.3. The maximum absolute atomic E-state index is 11.5. The van der Waals surface area contributed by atoms with Crippen LogP contribution in [0, 0.1) is 0 Å². The van der Waals surface area contributed by atoms with E-state index in [0.717, 1.165) is 19.3 Å². The minimum absolute atomic E-state index is 0.0123. The Hall–Kier alpha value is -0.170. The molecule has 0 fully saturated rings. The van der Waals surface area contributed by atoms with Crippen LogP contribution in [0.5, 0.6) is 0 Å². The van der Waals surface area contributed by atoms with E-state index < -0.39 is 22.8 Å². The predicted molar refractivity (Wildman–Crippen MR) is 84.7 cm³/mol. The molecule has 0 aromatic carbocycles. The van der Waals surface area contributed by atoms with Crippen LogP contribution in [0.2, 0.25) is 0 Å². The zero-order chi connectivity index (χ0) is 16.0. The summed E-state index contributed by atoms with van der Waals surface area (Å²) in [5, 5.41) is 17.6. The molecule has 1 unspecified atom stereocenters. The van der Waals surface area contributed by atoms with E-state index in [-0.39, 0.29) is 12.4 Å². The number of rotatable bonds is 15. The standard InChI is InChI=1S/C15H32O5S/c1-2-3-4-5-6-7-8-9-10-11-12-21(18,19)20-14-15(17)13-16/h15-17H,2-14H2,1H3. The number of hydrogen-bond acceptors (Lipinski definition) is 5. The summed E-state index contributed by atoms with van der Waals surface area (Å²) in [7, 11) is -3.57. The highest BCUT2D eigenvalue weighted by Gasteiger charge is 2.13. The van der Waals surface area contributed by atoms with Gasteiger partial charge in [0.25, 0.3) is 10.1 Å². The number of aliphatic hydroxyl groups is 2. The quantitative estimate of drug-likeness (QED) is 0.357. The molecule has 0 aliphatic carbocycles. The van der Waals surface area contributed by atoms with E-state index in [1.807, 2.05) is 0 Å². The smallest absolute Gasteiger partial charge is 0.267 e. The average Bonchev–Trinajstić information content (AvgIpc) is 2.46. The fourth-order valence-corrected chi connectivity index (χ4v) is 3.10. The molecule has 128 valence electrons. The van der Waals surface area contributed by atoms with Crippen LogP contribution in [-0.4, -0.2) is 43.7 Å². The lowest BCUT2D eigenvalue weighted by atomic mass is 10.1. The Bertz CT molecular complexity index is 316. The molecule has 0 aliphatic heterocycles. The van der Waals surface area contributed by atoms with Gasteiger partial charge in [-0.1, -0.05) is 64.7 Å². The van der Waals surface area contributed by atoms with Gasteiger partial charge in [-0.3, -0.25) is 4.18 Å². The molecule has 0 saturated heterocycles. The molecule has 21 heavy (non-hydrogen) atoms. The van der Waals surface area contributed by atoms with Crippen LogP contribution < -0.4 is 0 Å². The first-order valence-corrected chi connectivity index (χ1v) is 9.75. The first-order chi connectivity index (χ1) is 10.0. The highest BCUT2D eigenvalue weighted by atomic mass is 32.2. The van der Waals surface area contributed by atoms with Crippen molar-refractivity contribution in [2.24, 2.45) is 0 Å². The molecule has 0 amide bonds. The summed E-state index contributed by atoms with van der Waals surface area (Å²) >= 11 is 0. The van der Waals surface area contributed by atoms with E-state index >= 15 is 0 Å². The summed E-state index contributed by atoms with van der Waals surface area (Å²) in [5.41, 5.74) is 0. The predicted octanol–water partition coefficient (Wildman–Crippen LogP) is 2.61. The lowest BCUT2D eigenvalue weighted by molar-refractivity contribution is 0.0557. The minimum Gasteiger partial charge on any atom is -0.394 e. The maximum atomic E-state index is 11.5. The molecular formula is C15H32O5S. The second-order valence-corrected chi connectivity index (χ2v) is 7.32. The second-order valence-electron chi connectivity index (χ2n) is 5.56. The number of aliphatic hydroxyl groups excluding tert-OH is 2. The lowest BCUT2D eigenvalue weighted by Crippen LogP contribution is -2.23. The summed E-state index contributed by atoms with van der Waals surface area (Å²) < 4.78 is 27.6. The van der Waals surface area contributed by atoms with Crippen LogP contribution in [0.15, 0.2) is 0 Å². The molecule has 0 rings (SSSR count). The van der Waals surface area contributed by atoms with Gasteiger partial charge in [0.05, 0.1) is 19.0 Å². The molecule has 0 bridgehead atoms. The van der Waals surface area contributed by atoms with E-state index in [9.17, 15) is 8.42 Å². The highest BCUT2D eigenvalue weighted by molar-refractivity contribution is 7.86. The van der Waals surface area contributed by atoms with E-state index in [1.165, 1.54) is 38.5 Å². The molecule has 0 aromatic heterocycles. The number of hydrogen-bond donors (Lipinski definition) is 2. The third-order valence-electron chi connectivity index (χ3n) is 3.40. The van der Waals surface area contributed by atoms with Gasteiger partial charge >= 0.3 is 0 Å². The van der Waals surface area contributed by atoms with Gasteiger partial charge in [-0.25, -0.2) is 0 Å². The van der Waals surface area contributed by atoms with Crippen LogP contribution in [0.3, 0.4) is 0 Å². The van der Waals surface area contributed by atoms with Crippen LogP contribution in [-0.2, 0) is 14.3 Å². The normalized spacial score (nSPS) is 13.5. The van der Waals surface area contributed by atoms with Gasteiger partial charge in [-0.2, -0.15) is 8.42 Å². The summed E-state index contributed by atoms with van der Waals surface area (Å²) in [6, 6.07) is 0. The van der Waals surface area contributed by atoms with Gasteiger partial charge in [0.2, 0.25) is 0 Å². The summed E-state index contributed by atoms with van der Waals surface area (Å²) in [4.78, 5) is 0. The molecule has 0 radical (unpaired) electrons. The van der Waals surface area contributed by atoms with E-state index in [4.69, 9.17) is 10.2 Å².